The average molecular weight is 386 g/mol. The largest absolute Gasteiger partial charge is 0.360 e. The smallest absolute Gasteiger partial charge is 0.251 e. The second kappa shape index (κ2) is 8.11. The fourth-order valence-electron chi connectivity index (χ4n) is 2.35. The molecule has 0 saturated carbocycles. The number of sulfonamides is 1. The number of rotatable bonds is 7. The third-order valence-corrected chi connectivity index (χ3v) is 5.14. The van der Waals surface area contributed by atoms with Gasteiger partial charge in [0.2, 0.25) is 10.0 Å². The molecule has 8 nitrogen and oxygen atoms in total. The molecule has 9 heteroatoms. The summed E-state index contributed by atoms with van der Waals surface area (Å²) < 4.78 is 32.4. The van der Waals surface area contributed by atoms with Gasteiger partial charge in [0.25, 0.3) is 5.91 Å². The number of amides is 1. The number of aryl methyl sites for hydroxylation is 1. The van der Waals surface area contributed by atoms with E-state index in [0.29, 0.717) is 11.5 Å². The highest BCUT2D eigenvalue weighted by Crippen LogP contribution is 2.13. The molecule has 2 heterocycles. The van der Waals surface area contributed by atoms with Crippen LogP contribution in [0.2, 0.25) is 0 Å². The second-order valence-electron chi connectivity index (χ2n) is 5.84. The molecule has 0 bridgehead atoms. The highest BCUT2D eigenvalue weighted by molar-refractivity contribution is 7.89. The van der Waals surface area contributed by atoms with Gasteiger partial charge in [-0.05, 0) is 42.8 Å². The fourth-order valence-corrected chi connectivity index (χ4v) is 3.40. The van der Waals surface area contributed by atoms with Gasteiger partial charge in [-0.25, -0.2) is 13.1 Å². The number of pyridine rings is 1. The highest BCUT2D eigenvalue weighted by atomic mass is 32.2. The number of carbonyl (C=O) groups excluding carboxylic acids is 1. The van der Waals surface area contributed by atoms with Crippen LogP contribution in [0.25, 0.3) is 0 Å². The lowest BCUT2D eigenvalue weighted by atomic mass is 10.2. The summed E-state index contributed by atoms with van der Waals surface area (Å²) in [6, 6.07) is 11.1. The summed E-state index contributed by atoms with van der Waals surface area (Å²) in [6.45, 7) is 2.12. The van der Waals surface area contributed by atoms with Gasteiger partial charge in [0.05, 0.1) is 29.9 Å². The van der Waals surface area contributed by atoms with Gasteiger partial charge in [-0.2, -0.15) is 0 Å². The number of carbonyl (C=O) groups is 1. The van der Waals surface area contributed by atoms with Crippen LogP contribution in [0.3, 0.4) is 0 Å². The summed E-state index contributed by atoms with van der Waals surface area (Å²) in [5.41, 5.74) is 1.83. The van der Waals surface area contributed by atoms with Gasteiger partial charge >= 0.3 is 0 Å². The molecule has 1 aromatic carbocycles. The van der Waals surface area contributed by atoms with Crippen LogP contribution in [-0.4, -0.2) is 24.5 Å². The maximum Gasteiger partial charge on any atom is 0.251 e. The molecule has 0 radical (unpaired) electrons. The van der Waals surface area contributed by atoms with Gasteiger partial charge in [-0.3, -0.25) is 9.78 Å². The summed E-state index contributed by atoms with van der Waals surface area (Å²) >= 11 is 0. The Morgan fingerprint density at radius 3 is 2.70 bits per heavy atom. The molecule has 0 spiro atoms. The summed E-state index contributed by atoms with van der Waals surface area (Å²) in [6.07, 6.45) is 3.10. The number of hydrogen-bond acceptors (Lipinski definition) is 6. The van der Waals surface area contributed by atoms with Crippen molar-refractivity contribution in [2.24, 2.45) is 0 Å². The third-order valence-electron chi connectivity index (χ3n) is 3.74. The molecule has 27 heavy (non-hydrogen) atoms. The van der Waals surface area contributed by atoms with Crippen LogP contribution in [0.1, 0.15) is 27.4 Å². The lowest BCUT2D eigenvalue weighted by Crippen LogP contribution is -2.25. The summed E-state index contributed by atoms with van der Waals surface area (Å²) in [5, 5.41) is 6.20. The van der Waals surface area contributed by atoms with Crippen molar-refractivity contribution in [2.45, 2.75) is 24.9 Å². The van der Waals surface area contributed by atoms with E-state index in [1.165, 1.54) is 30.5 Å². The molecule has 0 aliphatic heterocycles. The van der Waals surface area contributed by atoms with E-state index in [0.717, 1.165) is 5.56 Å². The fraction of sp³-hybridized carbons (Fsp3) is 0.167. The van der Waals surface area contributed by atoms with Gasteiger partial charge in [0, 0.05) is 17.8 Å². The van der Waals surface area contributed by atoms with E-state index in [9.17, 15) is 13.2 Å². The Morgan fingerprint density at radius 2 is 1.96 bits per heavy atom. The number of nitrogens with zero attached hydrogens (tertiary/aromatic N) is 2. The van der Waals surface area contributed by atoms with E-state index in [4.69, 9.17) is 4.52 Å². The van der Waals surface area contributed by atoms with Crippen LogP contribution >= 0.6 is 0 Å². The molecule has 0 fully saturated rings. The maximum atomic E-state index is 12.5. The van der Waals surface area contributed by atoms with E-state index in [1.807, 2.05) is 13.0 Å². The predicted octanol–water partition coefficient (Wildman–Crippen LogP) is 1.79. The van der Waals surface area contributed by atoms with Crippen molar-refractivity contribution in [1.82, 2.24) is 20.2 Å². The minimum absolute atomic E-state index is 0.00229. The molecular weight excluding hydrogens is 368 g/mol. The van der Waals surface area contributed by atoms with Gasteiger partial charge in [0.1, 0.15) is 0 Å². The minimum atomic E-state index is -3.78. The Bertz CT molecular complexity index is 1030. The Labute approximate surface area is 156 Å². The first-order valence-corrected chi connectivity index (χ1v) is 9.61. The van der Waals surface area contributed by atoms with Crippen molar-refractivity contribution < 1.29 is 17.7 Å². The van der Waals surface area contributed by atoms with Crippen LogP contribution < -0.4 is 10.0 Å². The first-order chi connectivity index (χ1) is 12.9. The van der Waals surface area contributed by atoms with Crippen LogP contribution in [-0.2, 0) is 23.1 Å². The minimum Gasteiger partial charge on any atom is -0.360 e. The van der Waals surface area contributed by atoms with Gasteiger partial charge in [-0.15, -0.1) is 0 Å². The average Bonchev–Trinajstić information content (AvgIpc) is 3.18. The molecular formula is C18H18N4O4S. The van der Waals surface area contributed by atoms with Crippen molar-refractivity contribution >= 4 is 15.9 Å². The van der Waals surface area contributed by atoms with Crippen molar-refractivity contribution in [1.29, 1.82) is 0 Å². The number of aromatic nitrogens is 2. The first kappa shape index (κ1) is 18.7. The number of nitrogens with one attached hydrogen (secondary N) is 2. The molecule has 0 unspecified atom stereocenters. The standard InChI is InChI=1S/C18H18N4O4S/c1-13-5-7-19-15(9-13)11-22-27(24,25)17-4-2-3-14(10-17)18(23)20-12-16-6-8-21-26-16/h2-10,22H,11-12H2,1H3,(H,20,23). The maximum absolute atomic E-state index is 12.5. The molecule has 0 saturated heterocycles. The molecule has 140 valence electrons. The highest BCUT2D eigenvalue weighted by Gasteiger charge is 2.16. The van der Waals surface area contributed by atoms with E-state index in [1.54, 1.807) is 18.3 Å². The second-order valence-corrected chi connectivity index (χ2v) is 7.61. The molecule has 2 aromatic heterocycles. The van der Waals surface area contributed by atoms with Crippen LogP contribution in [0.15, 0.2) is 64.3 Å². The molecule has 0 aliphatic rings. The van der Waals surface area contributed by atoms with Crippen molar-refractivity contribution in [3.05, 3.63) is 77.4 Å². The first-order valence-electron chi connectivity index (χ1n) is 8.13. The van der Waals surface area contributed by atoms with Crippen LogP contribution in [0.5, 0.6) is 0 Å². The summed E-state index contributed by atoms with van der Waals surface area (Å²) in [5.74, 6) is 0.0863. The quantitative estimate of drug-likeness (QED) is 0.640. The predicted molar refractivity (Wildman–Crippen MR) is 97.1 cm³/mol. The molecule has 0 atom stereocenters. The summed E-state index contributed by atoms with van der Waals surface area (Å²) in [7, 11) is -3.78. The van der Waals surface area contributed by atoms with E-state index in [2.05, 4.69) is 20.2 Å². The van der Waals surface area contributed by atoms with Crippen LogP contribution in [0.4, 0.5) is 0 Å². The number of benzene rings is 1. The lowest BCUT2D eigenvalue weighted by molar-refractivity contribution is 0.0947. The van der Waals surface area contributed by atoms with Crippen molar-refractivity contribution in [3.8, 4) is 0 Å². The van der Waals surface area contributed by atoms with Gasteiger partial charge < -0.3 is 9.84 Å². The molecule has 0 aliphatic carbocycles. The van der Waals surface area contributed by atoms with Gasteiger partial charge in [0.15, 0.2) is 5.76 Å². The zero-order chi connectivity index (χ0) is 19.3. The zero-order valence-corrected chi connectivity index (χ0v) is 15.4. The SMILES string of the molecule is Cc1ccnc(CNS(=O)(=O)c2cccc(C(=O)NCc3ccno3)c2)c1. The molecule has 3 rings (SSSR count). The molecule has 2 N–H and O–H groups in total. The topological polar surface area (TPSA) is 114 Å². The Hall–Kier alpha value is -3.04. The van der Waals surface area contributed by atoms with Gasteiger partial charge in [-0.1, -0.05) is 11.2 Å². The number of hydrogen-bond donors (Lipinski definition) is 2. The van der Waals surface area contributed by atoms with E-state index in [-0.39, 0.29) is 23.5 Å². The molecule has 3 aromatic rings. The Balaban J connectivity index is 1.68. The lowest BCUT2D eigenvalue weighted by Gasteiger charge is -2.09. The zero-order valence-electron chi connectivity index (χ0n) is 14.5. The summed E-state index contributed by atoms with van der Waals surface area (Å²) in [4.78, 5) is 16.4. The van der Waals surface area contributed by atoms with Crippen LogP contribution in [0, 0.1) is 6.92 Å². The van der Waals surface area contributed by atoms with E-state index < -0.39 is 15.9 Å². The Morgan fingerprint density at radius 1 is 1.11 bits per heavy atom. The Kier molecular flexibility index (Phi) is 5.63. The van der Waals surface area contributed by atoms with Crippen molar-refractivity contribution in [2.75, 3.05) is 0 Å². The normalized spacial score (nSPS) is 11.3. The monoisotopic (exact) mass is 386 g/mol. The van der Waals surface area contributed by atoms with E-state index >= 15 is 0 Å². The third kappa shape index (κ3) is 4.99. The molecule has 1 amide bonds. The van der Waals surface area contributed by atoms with Crippen molar-refractivity contribution in [3.63, 3.8) is 0 Å².